The summed E-state index contributed by atoms with van der Waals surface area (Å²) in [4.78, 5) is 3.36. The molecule has 0 bridgehead atoms. The van der Waals surface area contributed by atoms with Gasteiger partial charge in [0.15, 0.2) is 0 Å². The lowest BCUT2D eigenvalue weighted by atomic mass is 10.5. The number of hydrogen-bond donors (Lipinski definition) is 1. The summed E-state index contributed by atoms with van der Waals surface area (Å²) in [7, 11) is -2.45. The van der Waals surface area contributed by atoms with Gasteiger partial charge in [-0.2, -0.15) is 0 Å². The van der Waals surface area contributed by atoms with E-state index in [0.717, 1.165) is 0 Å². The smallest absolute Gasteiger partial charge is 0.241 e. The van der Waals surface area contributed by atoms with Crippen LogP contribution < -0.4 is 9.88 Å². The Morgan fingerprint density at radius 2 is 2.23 bits per heavy atom. The average Bonchev–Trinajstić information content (AvgIpc) is 2.03. The molecule has 0 saturated carbocycles. The highest BCUT2D eigenvalue weighted by atomic mass is 35.5. The minimum atomic E-state index is -3.84. The van der Waals surface area contributed by atoms with Gasteiger partial charge in [-0.3, -0.25) is 0 Å². The van der Waals surface area contributed by atoms with Crippen molar-refractivity contribution in [3.8, 4) is 5.75 Å². The van der Waals surface area contributed by atoms with Gasteiger partial charge in [-0.15, -0.1) is 0 Å². The van der Waals surface area contributed by atoms with Gasteiger partial charge in [0.25, 0.3) is 0 Å². The van der Waals surface area contributed by atoms with Crippen LogP contribution in [0.5, 0.6) is 5.75 Å². The largest absolute Gasteiger partial charge is 0.495 e. The van der Waals surface area contributed by atoms with E-state index in [1.54, 1.807) is 0 Å². The van der Waals surface area contributed by atoms with Crippen LogP contribution in [0.3, 0.4) is 0 Å². The molecular formula is C6H7ClN2O3S. The van der Waals surface area contributed by atoms with Gasteiger partial charge in [-0.25, -0.2) is 18.5 Å². The second-order valence-electron chi connectivity index (χ2n) is 2.21. The van der Waals surface area contributed by atoms with Gasteiger partial charge in [0.1, 0.15) is 15.8 Å². The Labute approximate surface area is 80.5 Å². The second kappa shape index (κ2) is 3.49. The number of ether oxygens (including phenoxy) is 1. The van der Waals surface area contributed by atoms with E-state index in [-0.39, 0.29) is 15.8 Å². The first-order valence-corrected chi connectivity index (χ1v) is 5.10. The molecule has 0 fully saturated rings. The third kappa shape index (κ3) is 2.30. The van der Waals surface area contributed by atoms with Crippen molar-refractivity contribution in [1.29, 1.82) is 0 Å². The summed E-state index contributed by atoms with van der Waals surface area (Å²) in [6, 6.07) is 1.21. The zero-order chi connectivity index (χ0) is 10.1. The molecule has 0 radical (unpaired) electrons. The first kappa shape index (κ1) is 10.2. The lowest BCUT2D eigenvalue weighted by Crippen LogP contribution is -2.13. The molecule has 5 nitrogen and oxygen atoms in total. The van der Waals surface area contributed by atoms with Gasteiger partial charge < -0.3 is 4.74 Å². The van der Waals surface area contributed by atoms with Crippen LogP contribution in [0, 0.1) is 0 Å². The van der Waals surface area contributed by atoms with Crippen molar-refractivity contribution in [3.63, 3.8) is 0 Å². The van der Waals surface area contributed by atoms with Gasteiger partial charge in [0.05, 0.1) is 13.3 Å². The van der Waals surface area contributed by atoms with Crippen LogP contribution in [0.15, 0.2) is 17.2 Å². The van der Waals surface area contributed by atoms with Gasteiger partial charge in [-0.05, 0) is 0 Å². The zero-order valence-electron chi connectivity index (χ0n) is 6.69. The number of rotatable bonds is 2. The number of hydrogen-bond acceptors (Lipinski definition) is 4. The SMILES string of the molecule is COc1cnc(Cl)c(S(N)(=O)=O)c1. The van der Waals surface area contributed by atoms with Crippen LogP contribution >= 0.6 is 11.6 Å². The van der Waals surface area contributed by atoms with Crippen molar-refractivity contribution in [2.24, 2.45) is 5.14 Å². The Kier molecular flexibility index (Phi) is 2.74. The number of sulfonamides is 1. The minimum Gasteiger partial charge on any atom is -0.495 e. The fourth-order valence-corrected chi connectivity index (χ4v) is 1.71. The quantitative estimate of drug-likeness (QED) is 0.734. The van der Waals surface area contributed by atoms with Crippen molar-refractivity contribution in [3.05, 3.63) is 17.4 Å². The summed E-state index contributed by atoms with van der Waals surface area (Å²) in [6.45, 7) is 0. The summed E-state index contributed by atoms with van der Waals surface area (Å²) in [5.41, 5.74) is 0. The molecule has 0 amide bonds. The van der Waals surface area contributed by atoms with E-state index in [4.69, 9.17) is 21.5 Å². The highest BCUT2D eigenvalue weighted by molar-refractivity contribution is 7.89. The van der Waals surface area contributed by atoms with E-state index in [1.165, 1.54) is 19.4 Å². The summed E-state index contributed by atoms with van der Waals surface area (Å²) >= 11 is 5.51. The minimum absolute atomic E-state index is 0.164. The Balaban J connectivity index is 3.36. The maximum atomic E-state index is 10.9. The number of nitrogens with zero attached hydrogens (tertiary/aromatic N) is 1. The van der Waals surface area contributed by atoms with Gasteiger partial charge in [0, 0.05) is 6.07 Å². The summed E-state index contributed by atoms with van der Waals surface area (Å²) in [5.74, 6) is 0.286. The van der Waals surface area contributed by atoms with E-state index in [2.05, 4.69) is 4.98 Å². The van der Waals surface area contributed by atoms with Crippen molar-refractivity contribution in [2.75, 3.05) is 7.11 Å². The van der Waals surface area contributed by atoms with Gasteiger partial charge in [0.2, 0.25) is 10.0 Å². The first-order chi connectivity index (χ1) is 5.95. The third-order valence-corrected chi connectivity index (χ3v) is 2.66. The molecule has 7 heteroatoms. The van der Waals surface area contributed by atoms with Crippen molar-refractivity contribution >= 4 is 21.6 Å². The van der Waals surface area contributed by atoms with Crippen LogP contribution in [0.2, 0.25) is 5.15 Å². The fourth-order valence-electron chi connectivity index (χ4n) is 0.721. The second-order valence-corrected chi connectivity index (χ2v) is 4.10. The summed E-state index contributed by atoms with van der Waals surface area (Å²) < 4.78 is 26.6. The zero-order valence-corrected chi connectivity index (χ0v) is 8.26. The highest BCUT2D eigenvalue weighted by Gasteiger charge is 2.14. The molecule has 0 spiro atoms. The highest BCUT2D eigenvalue weighted by Crippen LogP contribution is 2.21. The molecule has 1 aromatic rings. The van der Waals surface area contributed by atoms with Crippen LogP contribution in [0.1, 0.15) is 0 Å². The molecular weight excluding hydrogens is 216 g/mol. The van der Waals surface area contributed by atoms with E-state index in [9.17, 15) is 8.42 Å². The van der Waals surface area contributed by atoms with E-state index in [0.29, 0.717) is 0 Å². The molecule has 0 aliphatic heterocycles. The number of halogens is 1. The van der Waals surface area contributed by atoms with Crippen molar-refractivity contribution in [1.82, 2.24) is 4.98 Å². The van der Waals surface area contributed by atoms with Crippen molar-refractivity contribution < 1.29 is 13.2 Å². The maximum absolute atomic E-state index is 10.9. The Morgan fingerprint density at radius 3 is 2.69 bits per heavy atom. The lowest BCUT2D eigenvalue weighted by molar-refractivity contribution is 0.411. The number of primary sulfonamides is 1. The summed E-state index contributed by atoms with van der Waals surface area (Å²) in [5, 5.41) is 4.71. The van der Waals surface area contributed by atoms with Crippen molar-refractivity contribution in [2.45, 2.75) is 4.90 Å². The molecule has 0 unspecified atom stereocenters. The van der Waals surface area contributed by atoms with Gasteiger partial charge >= 0.3 is 0 Å². The molecule has 13 heavy (non-hydrogen) atoms. The summed E-state index contributed by atoms with van der Waals surface area (Å²) in [6.07, 6.45) is 1.30. The number of methoxy groups -OCH3 is 1. The van der Waals surface area contributed by atoms with Gasteiger partial charge in [-0.1, -0.05) is 11.6 Å². The molecule has 0 aliphatic carbocycles. The maximum Gasteiger partial charge on any atom is 0.241 e. The number of pyridine rings is 1. The molecule has 72 valence electrons. The predicted octanol–water partition coefficient (Wildman–Crippen LogP) is 0.391. The third-order valence-electron chi connectivity index (χ3n) is 1.32. The van der Waals surface area contributed by atoms with Crippen LogP contribution in [-0.4, -0.2) is 20.5 Å². The molecule has 1 heterocycles. The lowest BCUT2D eigenvalue weighted by Gasteiger charge is -2.03. The van der Waals surface area contributed by atoms with Crippen LogP contribution in [-0.2, 0) is 10.0 Å². The monoisotopic (exact) mass is 222 g/mol. The standard InChI is InChI=1S/C6H7ClN2O3S/c1-12-4-2-5(13(8,10)11)6(7)9-3-4/h2-3H,1H3,(H2,8,10,11). The topological polar surface area (TPSA) is 82.3 Å². The van der Waals surface area contributed by atoms with Crippen LogP contribution in [0.25, 0.3) is 0 Å². The van der Waals surface area contributed by atoms with E-state index in [1.807, 2.05) is 0 Å². The normalized spacial score (nSPS) is 11.3. The molecule has 0 aliphatic rings. The number of aromatic nitrogens is 1. The fraction of sp³-hybridized carbons (Fsp3) is 0.167. The molecule has 0 atom stereocenters. The Hall–Kier alpha value is -0.850. The molecule has 0 aromatic carbocycles. The van der Waals surface area contributed by atoms with E-state index < -0.39 is 10.0 Å². The molecule has 0 saturated heterocycles. The average molecular weight is 223 g/mol. The Bertz CT molecular complexity index is 418. The first-order valence-electron chi connectivity index (χ1n) is 3.17. The Morgan fingerprint density at radius 1 is 1.62 bits per heavy atom. The van der Waals surface area contributed by atoms with E-state index >= 15 is 0 Å². The molecule has 1 aromatic heterocycles. The predicted molar refractivity (Wildman–Crippen MR) is 47.2 cm³/mol. The van der Waals surface area contributed by atoms with Crippen LogP contribution in [0.4, 0.5) is 0 Å². The molecule has 2 N–H and O–H groups in total. The number of nitrogens with two attached hydrogens (primary N) is 1. The molecule has 1 rings (SSSR count).